The summed E-state index contributed by atoms with van der Waals surface area (Å²) in [6.45, 7) is -0.0230. The first-order chi connectivity index (χ1) is 15.5. The predicted octanol–water partition coefficient (Wildman–Crippen LogP) is 0.704. The average molecular weight is 435 g/mol. The summed E-state index contributed by atoms with van der Waals surface area (Å²) in [6, 6.07) is 12.6. The number of nitrogens with one attached hydrogen (secondary N) is 2. The average Bonchev–Trinajstić information content (AvgIpc) is 3.16. The number of hydrogen-bond donors (Lipinski definition) is 3. The van der Waals surface area contributed by atoms with Gasteiger partial charge in [0.25, 0.3) is 5.56 Å². The first kappa shape index (κ1) is 21.0. The van der Waals surface area contributed by atoms with Crippen LogP contribution in [0.4, 0.5) is 5.95 Å². The molecule has 0 aliphatic heterocycles. The largest absolute Gasteiger partial charge is 0.491 e. The van der Waals surface area contributed by atoms with Gasteiger partial charge >= 0.3 is 5.69 Å². The molecule has 0 fully saturated rings. The van der Waals surface area contributed by atoms with E-state index in [9.17, 15) is 14.7 Å². The number of aliphatic hydroxyl groups excluding tert-OH is 1. The van der Waals surface area contributed by atoms with Crippen LogP contribution >= 0.6 is 0 Å². The van der Waals surface area contributed by atoms with E-state index in [4.69, 9.17) is 4.74 Å². The van der Waals surface area contributed by atoms with Crippen LogP contribution < -0.4 is 21.4 Å². The van der Waals surface area contributed by atoms with Crippen LogP contribution in [0.1, 0.15) is 5.56 Å². The zero-order valence-corrected chi connectivity index (χ0v) is 17.2. The van der Waals surface area contributed by atoms with Crippen LogP contribution in [0.25, 0.3) is 11.2 Å². The SMILES string of the molecule is Cn1c(=O)[nH]c(=O)c2c1nc(N/N=C/c1ccncc1)n2CC(O)COc1ccccc1. The lowest BCUT2D eigenvalue weighted by Crippen LogP contribution is -2.30. The standard InChI is InChI=1S/C21H21N7O4/c1-27-18-17(19(30)25-21(27)31)28(12-15(29)13-32-16-5-3-2-4-6-16)20(24-18)26-23-11-14-7-9-22-10-8-14/h2-11,15,29H,12-13H2,1H3,(H,24,26)(H,25,30,31)/b23-11+. The minimum Gasteiger partial charge on any atom is -0.491 e. The molecule has 0 spiro atoms. The Balaban J connectivity index is 1.63. The molecule has 3 aromatic heterocycles. The molecule has 0 aliphatic rings. The Hall–Kier alpha value is -4.25. The highest BCUT2D eigenvalue weighted by atomic mass is 16.5. The fraction of sp³-hybridized carbons (Fsp3) is 0.190. The highest BCUT2D eigenvalue weighted by molar-refractivity contribution is 5.80. The number of anilines is 1. The van der Waals surface area contributed by atoms with Crippen LogP contribution in [0.2, 0.25) is 0 Å². The number of ether oxygens (including phenoxy) is 1. The number of H-pyrrole nitrogens is 1. The lowest BCUT2D eigenvalue weighted by Gasteiger charge is -2.15. The van der Waals surface area contributed by atoms with Gasteiger partial charge in [0.05, 0.1) is 12.8 Å². The van der Waals surface area contributed by atoms with E-state index < -0.39 is 17.4 Å². The second kappa shape index (κ2) is 9.27. The van der Waals surface area contributed by atoms with E-state index in [1.54, 1.807) is 42.9 Å². The number of aromatic amines is 1. The fourth-order valence-electron chi connectivity index (χ4n) is 3.08. The smallest absolute Gasteiger partial charge is 0.329 e. The van der Waals surface area contributed by atoms with Crippen molar-refractivity contribution in [1.82, 2.24) is 24.1 Å². The van der Waals surface area contributed by atoms with Gasteiger partial charge in [0.15, 0.2) is 11.2 Å². The molecule has 4 aromatic rings. The normalized spacial score (nSPS) is 12.3. The zero-order chi connectivity index (χ0) is 22.5. The number of rotatable bonds is 8. The van der Waals surface area contributed by atoms with Crippen LogP contribution in [-0.2, 0) is 13.6 Å². The molecule has 11 heteroatoms. The Labute approximate surface area is 181 Å². The van der Waals surface area contributed by atoms with Crippen molar-refractivity contribution in [2.45, 2.75) is 12.6 Å². The van der Waals surface area contributed by atoms with E-state index in [0.29, 0.717) is 5.75 Å². The van der Waals surface area contributed by atoms with Crippen LogP contribution in [-0.4, -0.2) is 48.1 Å². The number of benzene rings is 1. The molecule has 0 aliphatic carbocycles. The molecule has 0 bridgehead atoms. The summed E-state index contributed by atoms with van der Waals surface area (Å²) in [5.41, 5.74) is 2.68. The Kier molecular flexibility index (Phi) is 6.08. The molecule has 32 heavy (non-hydrogen) atoms. The molecule has 0 amide bonds. The molecular weight excluding hydrogens is 414 g/mol. The van der Waals surface area contributed by atoms with E-state index in [2.05, 4.69) is 25.5 Å². The second-order valence-corrected chi connectivity index (χ2v) is 6.96. The first-order valence-corrected chi connectivity index (χ1v) is 9.77. The van der Waals surface area contributed by atoms with Crippen molar-refractivity contribution < 1.29 is 9.84 Å². The highest BCUT2D eigenvalue weighted by Crippen LogP contribution is 2.17. The Bertz CT molecular complexity index is 1340. The number of para-hydroxylation sites is 1. The van der Waals surface area contributed by atoms with Gasteiger partial charge in [-0.2, -0.15) is 10.1 Å². The summed E-state index contributed by atoms with van der Waals surface area (Å²) in [6.07, 6.45) is 3.86. The first-order valence-electron chi connectivity index (χ1n) is 9.77. The van der Waals surface area contributed by atoms with Crippen molar-refractivity contribution in [2.75, 3.05) is 12.0 Å². The predicted molar refractivity (Wildman–Crippen MR) is 119 cm³/mol. The maximum Gasteiger partial charge on any atom is 0.329 e. The number of fused-ring (bicyclic) bond motifs is 1. The van der Waals surface area contributed by atoms with Crippen molar-refractivity contribution in [1.29, 1.82) is 0 Å². The molecule has 11 nitrogen and oxygen atoms in total. The molecule has 1 aromatic carbocycles. The van der Waals surface area contributed by atoms with Gasteiger partial charge in [-0.25, -0.2) is 10.2 Å². The van der Waals surface area contributed by atoms with Crippen molar-refractivity contribution in [2.24, 2.45) is 12.1 Å². The van der Waals surface area contributed by atoms with Crippen LogP contribution in [0.15, 0.2) is 69.5 Å². The van der Waals surface area contributed by atoms with E-state index in [-0.39, 0.29) is 30.3 Å². The molecule has 3 N–H and O–H groups in total. The molecule has 4 rings (SSSR count). The number of aromatic nitrogens is 5. The maximum atomic E-state index is 12.5. The molecule has 3 heterocycles. The number of hydrazone groups is 1. The van der Waals surface area contributed by atoms with Gasteiger partial charge in [-0.15, -0.1) is 0 Å². The summed E-state index contributed by atoms with van der Waals surface area (Å²) in [5, 5.41) is 14.7. The van der Waals surface area contributed by atoms with E-state index in [1.165, 1.54) is 16.2 Å². The molecular formula is C21H21N7O4. The molecule has 0 saturated heterocycles. The fourth-order valence-corrected chi connectivity index (χ4v) is 3.08. The minimum atomic E-state index is -0.964. The number of aliphatic hydroxyl groups is 1. The van der Waals surface area contributed by atoms with Gasteiger partial charge in [-0.05, 0) is 29.8 Å². The maximum absolute atomic E-state index is 12.5. The molecule has 1 unspecified atom stereocenters. The lowest BCUT2D eigenvalue weighted by atomic mass is 10.3. The number of aryl methyl sites for hydroxylation is 1. The third-order valence-corrected chi connectivity index (χ3v) is 4.67. The number of imidazole rings is 1. The Morgan fingerprint density at radius 1 is 1.22 bits per heavy atom. The lowest BCUT2D eigenvalue weighted by molar-refractivity contribution is 0.0938. The van der Waals surface area contributed by atoms with E-state index in [0.717, 1.165) is 5.56 Å². The number of pyridine rings is 1. The summed E-state index contributed by atoms with van der Waals surface area (Å²) >= 11 is 0. The second-order valence-electron chi connectivity index (χ2n) is 6.96. The summed E-state index contributed by atoms with van der Waals surface area (Å²) in [5.74, 6) is 0.804. The quantitative estimate of drug-likeness (QED) is 0.273. The monoisotopic (exact) mass is 435 g/mol. The van der Waals surface area contributed by atoms with E-state index >= 15 is 0 Å². The van der Waals surface area contributed by atoms with Gasteiger partial charge in [-0.1, -0.05) is 18.2 Å². The molecule has 0 saturated carbocycles. The topological polar surface area (TPSA) is 139 Å². The molecule has 0 radical (unpaired) electrons. The highest BCUT2D eigenvalue weighted by Gasteiger charge is 2.19. The third-order valence-electron chi connectivity index (χ3n) is 4.67. The van der Waals surface area contributed by atoms with Gasteiger partial charge in [-0.3, -0.25) is 19.3 Å². The zero-order valence-electron chi connectivity index (χ0n) is 17.2. The Morgan fingerprint density at radius 2 is 1.97 bits per heavy atom. The van der Waals surface area contributed by atoms with Gasteiger partial charge in [0, 0.05) is 19.4 Å². The third kappa shape index (κ3) is 4.57. The van der Waals surface area contributed by atoms with Crippen molar-refractivity contribution in [3.63, 3.8) is 0 Å². The summed E-state index contributed by atoms with van der Waals surface area (Å²) in [4.78, 5) is 35.1. The van der Waals surface area contributed by atoms with Crippen molar-refractivity contribution >= 4 is 23.3 Å². The van der Waals surface area contributed by atoms with Crippen LogP contribution in [0.5, 0.6) is 5.75 Å². The van der Waals surface area contributed by atoms with E-state index in [1.807, 2.05) is 18.2 Å². The van der Waals surface area contributed by atoms with Gasteiger partial charge in [0.2, 0.25) is 5.95 Å². The molecule has 164 valence electrons. The van der Waals surface area contributed by atoms with Gasteiger partial charge in [0.1, 0.15) is 18.5 Å². The summed E-state index contributed by atoms with van der Waals surface area (Å²) in [7, 11) is 1.50. The van der Waals surface area contributed by atoms with Gasteiger partial charge < -0.3 is 14.4 Å². The van der Waals surface area contributed by atoms with Crippen LogP contribution in [0.3, 0.4) is 0 Å². The van der Waals surface area contributed by atoms with Crippen molar-refractivity contribution in [3.8, 4) is 5.75 Å². The minimum absolute atomic E-state index is 0.00687. The number of nitrogens with zero attached hydrogens (tertiary/aromatic N) is 5. The Morgan fingerprint density at radius 3 is 2.72 bits per heavy atom. The van der Waals surface area contributed by atoms with Crippen molar-refractivity contribution in [3.05, 3.63) is 81.3 Å². The summed E-state index contributed by atoms with van der Waals surface area (Å²) < 4.78 is 8.29. The van der Waals surface area contributed by atoms with Crippen LogP contribution in [0, 0.1) is 0 Å². The number of hydrogen-bond acceptors (Lipinski definition) is 8. The molecule has 1 atom stereocenters.